The number of aromatic hydroxyl groups is 1. The topological polar surface area (TPSA) is 104 Å². The second-order valence-electron chi connectivity index (χ2n) is 3.62. The number of benzene rings is 1. The van der Waals surface area contributed by atoms with E-state index in [1.54, 1.807) is 12.1 Å². The Morgan fingerprint density at radius 3 is 2.79 bits per heavy atom. The minimum Gasteiger partial charge on any atom is -0.492 e. The Morgan fingerprint density at radius 1 is 1.37 bits per heavy atom. The van der Waals surface area contributed by atoms with Crippen molar-refractivity contribution in [1.29, 1.82) is 0 Å². The molecule has 3 N–H and O–H groups in total. The van der Waals surface area contributed by atoms with Gasteiger partial charge in [0.25, 0.3) is 5.56 Å². The smallest absolute Gasteiger partial charge is 0.412 e. The fraction of sp³-hybridized carbons (Fsp3) is 0.0833. The number of rotatable bonds is 3. The first-order chi connectivity index (χ1) is 9.16. The average Bonchev–Trinajstić information content (AvgIpc) is 2.42. The van der Waals surface area contributed by atoms with Crippen LogP contribution in [0.2, 0.25) is 0 Å². The predicted molar refractivity (Wildman–Crippen MR) is 66.8 cm³/mol. The lowest BCUT2D eigenvalue weighted by molar-refractivity contribution is 0.155. The molecule has 0 unspecified atom stereocenters. The van der Waals surface area contributed by atoms with Gasteiger partial charge in [-0.25, -0.2) is 9.78 Å². The van der Waals surface area contributed by atoms with Crippen molar-refractivity contribution < 1.29 is 14.6 Å². The summed E-state index contributed by atoms with van der Waals surface area (Å²) in [6, 6.07) is 9.06. The lowest BCUT2D eigenvalue weighted by atomic mass is 10.2. The number of anilines is 1. The lowest BCUT2D eigenvalue weighted by Crippen LogP contribution is -2.20. The monoisotopic (exact) mass is 261 g/mol. The maximum absolute atomic E-state index is 11.5. The van der Waals surface area contributed by atoms with Crippen LogP contribution in [0.4, 0.5) is 10.5 Å². The Kier molecular flexibility index (Phi) is 3.77. The number of nitrogens with one attached hydrogen (secondary N) is 2. The molecule has 1 aromatic carbocycles. The summed E-state index contributed by atoms with van der Waals surface area (Å²) in [5, 5.41) is 11.5. The Morgan fingerprint density at radius 2 is 2.11 bits per heavy atom. The first kappa shape index (κ1) is 12.6. The number of ether oxygens (including phenoxy) is 1. The molecule has 0 radical (unpaired) electrons. The molecule has 98 valence electrons. The molecule has 0 spiro atoms. The summed E-state index contributed by atoms with van der Waals surface area (Å²) in [5.74, 6) is -0.569. The zero-order valence-corrected chi connectivity index (χ0v) is 9.79. The van der Waals surface area contributed by atoms with E-state index in [2.05, 4.69) is 15.3 Å². The fourth-order valence-corrected chi connectivity index (χ4v) is 1.36. The van der Waals surface area contributed by atoms with Gasteiger partial charge in [-0.1, -0.05) is 30.3 Å². The number of nitrogens with zero attached hydrogens (tertiary/aromatic N) is 1. The second-order valence-corrected chi connectivity index (χ2v) is 3.62. The molecule has 7 heteroatoms. The summed E-state index contributed by atoms with van der Waals surface area (Å²) >= 11 is 0. The molecule has 1 aromatic heterocycles. The highest BCUT2D eigenvalue weighted by Crippen LogP contribution is 2.12. The minimum absolute atomic E-state index is 0.0611. The lowest BCUT2D eigenvalue weighted by Gasteiger charge is -2.06. The number of hydrogen-bond donors (Lipinski definition) is 3. The van der Waals surface area contributed by atoms with Crippen LogP contribution in [0.15, 0.2) is 41.5 Å². The molecule has 0 saturated carbocycles. The van der Waals surface area contributed by atoms with Crippen LogP contribution in [0, 0.1) is 0 Å². The molecule has 19 heavy (non-hydrogen) atoms. The maximum atomic E-state index is 11.5. The molecule has 0 saturated heterocycles. The molecular formula is C12H11N3O4. The van der Waals surface area contributed by atoms with Crippen molar-refractivity contribution in [2.75, 3.05) is 5.32 Å². The summed E-state index contributed by atoms with van der Waals surface area (Å²) in [4.78, 5) is 28.5. The van der Waals surface area contributed by atoms with Gasteiger partial charge in [-0.15, -0.1) is 0 Å². The third-order valence-corrected chi connectivity index (χ3v) is 2.27. The van der Waals surface area contributed by atoms with Gasteiger partial charge in [0.2, 0.25) is 5.88 Å². The number of aromatic amines is 1. The number of aromatic nitrogens is 2. The molecule has 0 fully saturated rings. The van der Waals surface area contributed by atoms with E-state index < -0.39 is 17.5 Å². The van der Waals surface area contributed by atoms with Crippen molar-refractivity contribution >= 4 is 11.8 Å². The van der Waals surface area contributed by atoms with Gasteiger partial charge < -0.3 is 14.8 Å². The maximum Gasteiger partial charge on any atom is 0.412 e. The number of amides is 1. The van der Waals surface area contributed by atoms with Crippen LogP contribution in [0.1, 0.15) is 5.56 Å². The molecule has 7 nitrogen and oxygen atoms in total. The van der Waals surface area contributed by atoms with E-state index in [9.17, 15) is 14.7 Å². The van der Waals surface area contributed by atoms with E-state index in [-0.39, 0.29) is 12.3 Å². The van der Waals surface area contributed by atoms with Gasteiger partial charge in [0.15, 0.2) is 5.69 Å². The van der Waals surface area contributed by atoms with Crippen LogP contribution in [-0.2, 0) is 11.3 Å². The number of H-pyrrole nitrogens is 1. The Balaban J connectivity index is 1.97. The van der Waals surface area contributed by atoms with Crippen LogP contribution >= 0.6 is 0 Å². The van der Waals surface area contributed by atoms with Crippen molar-refractivity contribution in [3.05, 3.63) is 52.6 Å². The van der Waals surface area contributed by atoms with Gasteiger partial charge in [0.1, 0.15) is 6.61 Å². The van der Waals surface area contributed by atoms with E-state index in [0.29, 0.717) is 0 Å². The fourth-order valence-electron chi connectivity index (χ4n) is 1.36. The van der Waals surface area contributed by atoms with E-state index >= 15 is 0 Å². The molecule has 2 aromatic rings. The van der Waals surface area contributed by atoms with Crippen LogP contribution in [0.3, 0.4) is 0 Å². The van der Waals surface area contributed by atoms with Crippen LogP contribution in [-0.4, -0.2) is 21.2 Å². The molecule has 2 rings (SSSR count). The summed E-state index contributed by atoms with van der Waals surface area (Å²) in [6.45, 7) is 0.0611. The summed E-state index contributed by atoms with van der Waals surface area (Å²) in [6.07, 6.45) is 0.177. The summed E-state index contributed by atoms with van der Waals surface area (Å²) in [5.41, 5.74) is -0.202. The second kappa shape index (κ2) is 5.67. The van der Waals surface area contributed by atoms with Gasteiger partial charge in [-0.2, -0.15) is 0 Å². The number of carbonyl (C=O) groups is 1. The zero-order chi connectivity index (χ0) is 13.7. The molecule has 0 aliphatic heterocycles. The first-order valence-electron chi connectivity index (χ1n) is 5.41. The van der Waals surface area contributed by atoms with Gasteiger partial charge in [-0.05, 0) is 5.56 Å². The number of carbonyl (C=O) groups excluding carboxylic acids is 1. The molecule has 1 heterocycles. The standard InChI is InChI=1S/C12H11N3O4/c16-10-9(11(17)14-7-13-10)15-12(18)19-6-8-4-2-1-3-5-8/h1-5,7H,6H2,(H,15,18)(H2,13,14,16,17). The summed E-state index contributed by atoms with van der Waals surface area (Å²) in [7, 11) is 0. The van der Waals surface area contributed by atoms with Crippen LogP contribution in [0.5, 0.6) is 5.88 Å². The zero-order valence-electron chi connectivity index (χ0n) is 9.79. The minimum atomic E-state index is -0.849. The third kappa shape index (κ3) is 3.32. The molecule has 1 amide bonds. The predicted octanol–water partition coefficient (Wildman–Crippen LogP) is 1.22. The highest BCUT2D eigenvalue weighted by Gasteiger charge is 2.12. The van der Waals surface area contributed by atoms with E-state index in [1.807, 2.05) is 18.2 Å². The van der Waals surface area contributed by atoms with Gasteiger partial charge in [0, 0.05) is 0 Å². The van der Waals surface area contributed by atoms with E-state index in [0.717, 1.165) is 11.9 Å². The highest BCUT2D eigenvalue weighted by atomic mass is 16.5. The van der Waals surface area contributed by atoms with Crippen LogP contribution in [0.25, 0.3) is 0 Å². The van der Waals surface area contributed by atoms with Gasteiger partial charge >= 0.3 is 6.09 Å². The van der Waals surface area contributed by atoms with Crippen LogP contribution < -0.4 is 10.9 Å². The van der Waals surface area contributed by atoms with Crippen molar-refractivity contribution in [2.24, 2.45) is 0 Å². The van der Waals surface area contributed by atoms with E-state index in [1.165, 1.54) is 0 Å². The van der Waals surface area contributed by atoms with Crippen molar-refractivity contribution in [3.63, 3.8) is 0 Å². The Hall–Kier alpha value is -2.83. The number of hydrogen-bond acceptors (Lipinski definition) is 5. The highest BCUT2D eigenvalue weighted by molar-refractivity contribution is 5.85. The quantitative estimate of drug-likeness (QED) is 0.770. The van der Waals surface area contributed by atoms with Crippen molar-refractivity contribution in [3.8, 4) is 5.88 Å². The molecule has 0 bridgehead atoms. The Labute approximate surface area is 107 Å². The average molecular weight is 261 g/mol. The Bertz CT molecular complexity index is 624. The summed E-state index contributed by atoms with van der Waals surface area (Å²) < 4.78 is 4.90. The third-order valence-electron chi connectivity index (χ3n) is 2.27. The molecule has 0 aliphatic carbocycles. The molecule has 0 atom stereocenters. The van der Waals surface area contributed by atoms with Crippen molar-refractivity contribution in [2.45, 2.75) is 6.61 Å². The van der Waals surface area contributed by atoms with E-state index in [4.69, 9.17) is 4.74 Å². The van der Waals surface area contributed by atoms with Gasteiger partial charge in [-0.3, -0.25) is 10.1 Å². The molecular weight excluding hydrogens is 250 g/mol. The normalized spacial score (nSPS) is 9.89. The molecule has 0 aliphatic rings. The SMILES string of the molecule is O=C(Nc1c(O)nc[nH]c1=O)OCc1ccccc1. The largest absolute Gasteiger partial charge is 0.492 e. The van der Waals surface area contributed by atoms with Gasteiger partial charge in [0.05, 0.1) is 6.33 Å². The first-order valence-corrected chi connectivity index (χ1v) is 5.41. The van der Waals surface area contributed by atoms with Crippen molar-refractivity contribution in [1.82, 2.24) is 9.97 Å².